The van der Waals surface area contributed by atoms with Crippen molar-refractivity contribution in [3.8, 4) is 5.75 Å². The van der Waals surface area contributed by atoms with Crippen LogP contribution in [0.25, 0.3) is 0 Å². The zero-order valence-corrected chi connectivity index (χ0v) is 11.3. The number of hydrogen-bond donors (Lipinski definition) is 0. The van der Waals surface area contributed by atoms with Gasteiger partial charge in [-0.1, -0.05) is 6.07 Å². The van der Waals surface area contributed by atoms with Crippen molar-refractivity contribution >= 4 is 15.9 Å². The highest BCUT2D eigenvalue weighted by molar-refractivity contribution is 9.10. The summed E-state index contributed by atoms with van der Waals surface area (Å²) in [5, 5.41) is 0. The van der Waals surface area contributed by atoms with Crippen molar-refractivity contribution in [2.45, 2.75) is 6.54 Å². The number of hydrogen-bond acceptors (Lipinski definition) is 2. The summed E-state index contributed by atoms with van der Waals surface area (Å²) in [6.07, 6.45) is 3.53. The van der Waals surface area contributed by atoms with E-state index in [4.69, 9.17) is 4.74 Å². The van der Waals surface area contributed by atoms with Crippen LogP contribution < -0.4 is 10.4 Å². The van der Waals surface area contributed by atoms with E-state index in [-0.39, 0.29) is 5.69 Å². The van der Waals surface area contributed by atoms with Crippen LogP contribution in [0, 0.1) is 0 Å². The fraction of sp³-hybridized carbons (Fsp3) is 0.250. The maximum atomic E-state index is 11.7. The van der Waals surface area contributed by atoms with E-state index >= 15 is 0 Å². The molecule has 2 rings (SSSR count). The van der Waals surface area contributed by atoms with Crippen LogP contribution in [0.3, 0.4) is 0 Å². The maximum absolute atomic E-state index is 11.7. The van der Waals surface area contributed by atoms with Crippen LogP contribution >= 0.6 is 15.9 Å². The molecule has 0 spiro atoms. The molecule has 90 valence electrons. The first-order valence-electron chi connectivity index (χ1n) is 5.16. The van der Waals surface area contributed by atoms with Gasteiger partial charge in [-0.05, 0) is 33.6 Å². The molecule has 1 aromatic heterocycles. The predicted molar refractivity (Wildman–Crippen MR) is 69.5 cm³/mol. The standard InChI is InChI=1S/C12H13BrN2O2/c1-14-5-6-15(12(14)16)8-9-3-4-11(17-2)10(13)7-9/h3-7H,8H2,1-2H3. The van der Waals surface area contributed by atoms with Crippen LogP contribution in [0.2, 0.25) is 0 Å². The fourth-order valence-electron chi connectivity index (χ4n) is 1.64. The Hall–Kier alpha value is -1.49. The summed E-state index contributed by atoms with van der Waals surface area (Å²) < 4.78 is 9.26. The van der Waals surface area contributed by atoms with Crippen molar-refractivity contribution in [2.75, 3.05) is 7.11 Å². The number of aromatic nitrogens is 2. The number of methoxy groups -OCH3 is 1. The molecule has 0 radical (unpaired) electrons. The number of rotatable bonds is 3. The summed E-state index contributed by atoms with van der Waals surface area (Å²) >= 11 is 3.43. The molecule has 0 fully saturated rings. The van der Waals surface area contributed by atoms with Crippen LogP contribution in [-0.4, -0.2) is 16.2 Å². The van der Waals surface area contributed by atoms with Gasteiger partial charge in [-0.15, -0.1) is 0 Å². The van der Waals surface area contributed by atoms with E-state index in [2.05, 4.69) is 15.9 Å². The van der Waals surface area contributed by atoms with Crippen molar-refractivity contribution < 1.29 is 4.74 Å². The number of aryl methyl sites for hydroxylation is 1. The molecule has 5 heteroatoms. The lowest BCUT2D eigenvalue weighted by molar-refractivity contribution is 0.412. The third kappa shape index (κ3) is 2.44. The Labute approximate surface area is 108 Å². The Kier molecular flexibility index (Phi) is 3.38. The number of ether oxygens (including phenoxy) is 1. The summed E-state index contributed by atoms with van der Waals surface area (Å²) in [6.45, 7) is 0.558. The molecule has 2 aromatic rings. The lowest BCUT2D eigenvalue weighted by Gasteiger charge is -2.06. The summed E-state index contributed by atoms with van der Waals surface area (Å²) in [5.74, 6) is 0.786. The van der Waals surface area contributed by atoms with Gasteiger partial charge in [-0.25, -0.2) is 4.79 Å². The molecule has 4 nitrogen and oxygen atoms in total. The molecule has 0 aliphatic carbocycles. The first kappa shape index (κ1) is 12.0. The Morgan fingerprint density at radius 2 is 2.12 bits per heavy atom. The highest BCUT2D eigenvalue weighted by Gasteiger charge is 2.04. The molecular formula is C12H13BrN2O2. The van der Waals surface area contributed by atoms with E-state index in [9.17, 15) is 4.79 Å². The van der Waals surface area contributed by atoms with Gasteiger partial charge in [-0.2, -0.15) is 0 Å². The summed E-state index contributed by atoms with van der Waals surface area (Å²) in [4.78, 5) is 11.7. The first-order valence-corrected chi connectivity index (χ1v) is 5.95. The number of halogens is 1. The molecule has 0 bridgehead atoms. The monoisotopic (exact) mass is 296 g/mol. The first-order chi connectivity index (χ1) is 8.11. The van der Waals surface area contributed by atoms with Crippen molar-refractivity contribution in [1.29, 1.82) is 0 Å². The molecule has 0 saturated carbocycles. The topological polar surface area (TPSA) is 36.2 Å². The SMILES string of the molecule is COc1ccc(Cn2ccn(C)c2=O)cc1Br. The van der Waals surface area contributed by atoms with E-state index in [1.54, 1.807) is 35.7 Å². The van der Waals surface area contributed by atoms with Crippen LogP contribution in [0.15, 0.2) is 39.9 Å². The third-order valence-corrected chi connectivity index (χ3v) is 3.21. The van der Waals surface area contributed by atoms with E-state index in [0.29, 0.717) is 6.54 Å². The van der Waals surface area contributed by atoms with Crippen LogP contribution in [-0.2, 0) is 13.6 Å². The smallest absolute Gasteiger partial charge is 0.328 e. The molecule has 1 heterocycles. The molecule has 0 aliphatic heterocycles. The van der Waals surface area contributed by atoms with Gasteiger partial charge in [0.1, 0.15) is 5.75 Å². The molecule has 0 atom stereocenters. The molecule has 0 N–H and O–H groups in total. The van der Waals surface area contributed by atoms with Gasteiger partial charge >= 0.3 is 5.69 Å². The summed E-state index contributed by atoms with van der Waals surface area (Å²) in [5.41, 5.74) is 1.03. The van der Waals surface area contributed by atoms with Gasteiger partial charge in [0.05, 0.1) is 18.1 Å². The predicted octanol–water partition coefficient (Wildman–Crippen LogP) is 2.01. The highest BCUT2D eigenvalue weighted by Crippen LogP contribution is 2.25. The molecule has 0 aliphatic rings. The molecule has 17 heavy (non-hydrogen) atoms. The number of nitrogens with zero attached hydrogens (tertiary/aromatic N) is 2. The molecular weight excluding hydrogens is 284 g/mol. The third-order valence-electron chi connectivity index (χ3n) is 2.59. The van der Waals surface area contributed by atoms with Gasteiger partial charge < -0.3 is 9.30 Å². The largest absolute Gasteiger partial charge is 0.496 e. The Morgan fingerprint density at radius 1 is 1.35 bits per heavy atom. The quantitative estimate of drug-likeness (QED) is 0.869. The van der Waals surface area contributed by atoms with Gasteiger partial charge in [-0.3, -0.25) is 4.57 Å². The van der Waals surface area contributed by atoms with Crippen LogP contribution in [0.4, 0.5) is 0 Å². The van der Waals surface area contributed by atoms with E-state index < -0.39 is 0 Å². The Bertz CT molecular complexity index is 586. The van der Waals surface area contributed by atoms with E-state index in [0.717, 1.165) is 15.8 Å². The second-order valence-corrected chi connectivity index (χ2v) is 4.64. The summed E-state index contributed by atoms with van der Waals surface area (Å²) in [6, 6.07) is 5.79. The fourth-order valence-corrected chi connectivity index (χ4v) is 2.22. The molecule has 0 saturated heterocycles. The number of benzene rings is 1. The second-order valence-electron chi connectivity index (χ2n) is 3.79. The van der Waals surface area contributed by atoms with Crippen molar-refractivity contribution in [2.24, 2.45) is 7.05 Å². The van der Waals surface area contributed by atoms with E-state index in [1.807, 2.05) is 18.2 Å². The van der Waals surface area contributed by atoms with Gasteiger partial charge in [0.2, 0.25) is 0 Å². The average Bonchev–Trinajstić information content (AvgIpc) is 2.61. The Morgan fingerprint density at radius 3 is 2.65 bits per heavy atom. The van der Waals surface area contributed by atoms with Gasteiger partial charge in [0.25, 0.3) is 0 Å². The maximum Gasteiger partial charge on any atom is 0.328 e. The lowest BCUT2D eigenvalue weighted by atomic mass is 10.2. The minimum atomic E-state index is -0.0167. The highest BCUT2D eigenvalue weighted by atomic mass is 79.9. The molecule has 1 aromatic carbocycles. The van der Waals surface area contributed by atoms with E-state index in [1.165, 1.54) is 0 Å². The van der Waals surface area contributed by atoms with Crippen molar-refractivity contribution in [1.82, 2.24) is 9.13 Å². The molecule has 0 unspecified atom stereocenters. The van der Waals surface area contributed by atoms with Gasteiger partial charge in [0.15, 0.2) is 0 Å². The van der Waals surface area contributed by atoms with Crippen molar-refractivity contribution in [3.63, 3.8) is 0 Å². The zero-order chi connectivity index (χ0) is 12.4. The summed E-state index contributed by atoms with van der Waals surface area (Å²) in [7, 11) is 3.37. The van der Waals surface area contributed by atoms with Crippen LogP contribution in [0.1, 0.15) is 5.56 Å². The lowest BCUT2D eigenvalue weighted by Crippen LogP contribution is -2.22. The van der Waals surface area contributed by atoms with Crippen LogP contribution in [0.5, 0.6) is 5.75 Å². The Balaban J connectivity index is 2.28. The normalized spacial score (nSPS) is 10.5. The van der Waals surface area contributed by atoms with Crippen molar-refractivity contribution in [3.05, 3.63) is 51.1 Å². The van der Waals surface area contributed by atoms with Gasteiger partial charge in [0, 0.05) is 19.4 Å². The zero-order valence-electron chi connectivity index (χ0n) is 9.68. The average molecular weight is 297 g/mol. The second kappa shape index (κ2) is 4.79. The minimum absolute atomic E-state index is 0.0167. The molecule has 0 amide bonds. The number of imidazole rings is 1. The minimum Gasteiger partial charge on any atom is -0.496 e.